The van der Waals surface area contributed by atoms with Crippen LogP contribution >= 0.6 is 34.8 Å². The van der Waals surface area contributed by atoms with E-state index in [1.165, 1.54) is 0 Å². The number of aryl methyl sites for hydroxylation is 1. The SMILES string of the molecule is Cc1ncc(C=NN2CC[C@@H](N(C)C(=O)c3ccc(Cl)cc3)[C@H](c3ccc(Cl)c(Cl)c3)C2)[nH]1. The number of rotatable bonds is 5. The van der Waals surface area contributed by atoms with Crippen molar-refractivity contribution in [2.24, 2.45) is 5.10 Å². The Balaban J connectivity index is 1.59. The number of carbonyl (C=O) groups is 1. The van der Waals surface area contributed by atoms with Crippen molar-refractivity contribution in [3.05, 3.63) is 86.4 Å². The molecule has 0 unspecified atom stereocenters. The largest absolute Gasteiger partial charge is 0.341 e. The molecule has 1 aliphatic rings. The molecule has 1 fully saturated rings. The summed E-state index contributed by atoms with van der Waals surface area (Å²) in [6, 6.07) is 12.6. The third-order valence-corrected chi connectivity index (χ3v) is 6.91. The highest BCUT2D eigenvalue weighted by Gasteiger charge is 2.35. The van der Waals surface area contributed by atoms with Gasteiger partial charge in [0.05, 0.1) is 28.2 Å². The average Bonchev–Trinajstić information content (AvgIpc) is 3.24. The molecule has 33 heavy (non-hydrogen) atoms. The van der Waals surface area contributed by atoms with Crippen molar-refractivity contribution < 1.29 is 4.79 Å². The van der Waals surface area contributed by atoms with Gasteiger partial charge in [0.1, 0.15) is 5.82 Å². The van der Waals surface area contributed by atoms with Crippen molar-refractivity contribution in [1.29, 1.82) is 0 Å². The molecule has 4 rings (SSSR count). The van der Waals surface area contributed by atoms with Crippen LogP contribution < -0.4 is 0 Å². The van der Waals surface area contributed by atoms with Gasteiger partial charge in [0.25, 0.3) is 5.91 Å². The summed E-state index contributed by atoms with van der Waals surface area (Å²) in [5.41, 5.74) is 2.46. The lowest BCUT2D eigenvalue weighted by Crippen LogP contribution is -2.49. The van der Waals surface area contributed by atoms with Gasteiger partial charge in [-0.1, -0.05) is 40.9 Å². The summed E-state index contributed by atoms with van der Waals surface area (Å²) in [7, 11) is 1.85. The minimum absolute atomic E-state index is 0.00424. The van der Waals surface area contributed by atoms with E-state index in [9.17, 15) is 4.79 Å². The van der Waals surface area contributed by atoms with Crippen LogP contribution in [0.5, 0.6) is 0 Å². The molecular weight excluding hydrogens is 481 g/mol. The number of hydrogen-bond donors (Lipinski definition) is 1. The van der Waals surface area contributed by atoms with Gasteiger partial charge in [-0.15, -0.1) is 0 Å². The predicted molar refractivity (Wildman–Crippen MR) is 134 cm³/mol. The fraction of sp³-hybridized carbons (Fsp3) is 0.292. The molecule has 0 aliphatic carbocycles. The van der Waals surface area contributed by atoms with Gasteiger partial charge in [0.2, 0.25) is 0 Å². The number of nitrogens with zero attached hydrogens (tertiary/aromatic N) is 4. The number of aromatic nitrogens is 2. The number of hydrogen-bond acceptors (Lipinski definition) is 4. The summed E-state index contributed by atoms with van der Waals surface area (Å²) in [5.74, 6) is 0.785. The molecule has 1 aliphatic heterocycles. The lowest BCUT2D eigenvalue weighted by atomic mass is 9.85. The van der Waals surface area contributed by atoms with Gasteiger partial charge in [-0.3, -0.25) is 9.80 Å². The van der Waals surface area contributed by atoms with E-state index >= 15 is 0 Å². The van der Waals surface area contributed by atoms with Gasteiger partial charge in [0.15, 0.2) is 0 Å². The van der Waals surface area contributed by atoms with Crippen molar-refractivity contribution >= 4 is 46.9 Å². The number of hydrazone groups is 1. The minimum Gasteiger partial charge on any atom is -0.341 e. The molecule has 6 nitrogen and oxygen atoms in total. The summed E-state index contributed by atoms with van der Waals surface area (Å²) in [6.07, 6.45) is 4.27. The van der Waals surface area contributed by atoms with E-state index in [2.05, 4.69) is 15.1 Å². The van der Waals surface area contributed by atoms with Crippen molar-refractivity contribution in [3.63, 3.8) is 0 Å². The standard InChI is InChI=1S/C24H24Cl3N5O/c1-15-28-12-19(30-15)13-29-32-10-9-23(20(14-32)17-5-8-21(26)22(27)11-17)31(2)24(33)16-3-6-18(25)7-4-16/h3-8,11-13,20,23H,9-10,14H2,1-2H3,(H,28,30)/t20-,23+/m0/s1. The number of imidazole rings is 1. The molecule has 1 N–H and O–H groups in total. The first kappa shape index (κ1) is 23.6. The Morgan fingerprint density at radius 3 is 2.61 bits per heavy atom. The summed E-state index contributed by atoms with van der Waals surface area (Å²) in [4.78, 5) is 22.4. The van der Waals surface area contributed by atoms with E-state index in [4.69, 9.17) is 34.8 Å². The zero-order chi connectivity index (χ0) is 23.5. The highest BCUT2D eigenvalue weighted by atomic mass is 35.5. The molecule has 0 bridgehead atoms. The maximum absolute atomic E-state index is 13.2. The molecule has 2 atom stereocenters. The first-order valence-electron chi connectivity index (χ1n) is 10.6. The molecule has 0 spiro atoms. The molecule has 172 valence electrons. The Labute approximate surface area is 208 Å². The number of amides is 1. The lowest BCUT2D eigenvalue weighted by Gasteiger charge is -2.42. The molecular formula is C24H24Cl3N5O. The van der Waals surface area contributed by atoms with E-state index in [1.807, 2.05) is 36.0 Å². The van der Waals surface area contributed by atoms with Gasteiger partial charge in [-0.05, 0) is 55.3 Å². The van der Waals surface area contributed by atoms with Gasteiger partial charge in [0, 0.05) is 42.7 Å². The van der Waals surface area contributed by atoms with Gasteiger partial charge >= 0.3 is 0 Å². The normalized spacial score (nSPS) is 18.6. The third kappa shape index (κ3) is 5.52. The van der Waals surface area contributed by atoms with Crippen LogP contribution in [0.25, 0.3) is 0 Å². The molecule has 1 saturated heterocycles. The number of carbonyl (C=O) groups excluding carboxylic acids is 1. The molecule has 1 amide bonds. The Hall–Kier alpha value is -2.54. The second kappa shape index (κ2) is 10.2. The zero-order valence-electron chi connectivity index (χ0n) is 18.3. The lowest BCUT2D eigenvalue weighted by molar-refractivity contribution is 0.0596. The van der Waals surface area contributed by atoms with Crippen LogP contribution in [-0.4, -0.2) is 58.2 Å². The molecule has 9 heteroatoms. The quantitative estimate of drug-likeness (QED) is 0.457. The number of nitrogens with one attached hydrogen (secondary N) is 1. The topological polar surface area (TPSA) is 64.6 Å². The van der Waals surface area contributed by atoms with Crippen LogP contribution in [0, 0.1) is 6.92 Å². The second-order valence-electron chi connectivity index (χ2n) is 8.14. The first-order valence-corrected chi connectivity index (χ1v) is 11.7. The highest BCUT2D eigenvalue weighted by Crippen LogP contribution is 2.34. The smallest absolute Gasteiger partial charge is 0.253 e. The molecule has 0 saturated carbocycles. The fourth-order valence-electron chi connectivity index (χ4n) is 4.16. The van der Waals surface area contributed by atoms with Gasteiger partial charge < -0.3 is 9.88 Å². The van der Waals surface area contributed by atoms with Crippen LogP contribution in [0.1, 0.15) is 39.8 Å². The van der Waals surface area contributed by atoms with Crippen LogP contribution in [-0.2, 0) is 0 Å². The number of likely N-dealkylation sites (N-methyl/N-ethyl adjacent to an activating group) is 1. The van der Waals surface area contributed by atoms with Crippen molar-refractivity contribution in [1.82, 2.24) is 19.9 Å². The van der Waals surface area contributed by atoms with E-state index in [0.717, 1.165) is 23.5 Å². The maximum atomic E-state index is 13.2. The minimum atomic E-state index is -0.0494. The third-order valence-electron chi connectivity index (χ3n) is 5.92. The van der Waals surface area contributed by atoms with E-state index < -0.39 is 0 Å². The summed E-state index contributed by atoms with van der Waals surface area (Å²) in [5, 5.41) is 8.26. The van der Waals surface area contributed by atoms with Gasteiger partial charge in [-0.2, -0.15) is 5.10 Å². The Morgan fingerprint density at radius 2 is 1.94 bits per heavy atom. The molecule has 2 aromatic carbocycles. The highest BCUT2D eigenvalue weighted by molar-refractivity contribution is 6.42. The monoisotopic (exact) mass is 503 g/mol. The number of piperidine rings is 1. The Bertz CT molecular complexity index is 1160. The summed E-state index contributed by atoms with van der Waals surface area (Å²) in [6.45, 7) is 3.24. The zero-order valence-corrected chi connectivity index (χ0v) is 20.6. The van der Waals surface area contributed by atoms with Crippen LogP contribution in [0.2, 0.25) is 15.1 Å². The van der Waals surface area contributed by atoms with E-state index in [1.54, 1.807) is 42.7 Å². The second-order valence-corrected chi connectivity index (χ2v) is 9.39. The maximum Gasteiger partial charge on any atom is 0.253 e. The number of H-pyrrole nitrogens is 1. The van der Waals surface area contributed by atoms with Gasteiger partial charge in [-0.25, -0.2) is 4.98 Å². The predicted octanol–water partition coefficient (Wildman–Crippen LogP) is 5.64. The number of benzene rings is 2. The fourth-order valence-corrected chi connectivity index (χ4v) is 4.59. The van der Waals surface area contributed by atoms with E-state index in [0.29, 0.717) is 33.7 Å². The van der Waals surface area contributed by atoms with E-state index in [-0.39, 0.29) is 17.9 Å². The van der Waals surface area contributed by atoms with Crippen molar-refractivity contribution in [2.45, 2.75) is 25.3 Å². The van der Waals surface area contributed by atoms with Crippen LogP contribution in [0.3, 0.4) is 0 Å². The van der Waals surface area contributed by atoms with Crippen LogP contribution in [0.4, 0.5) is 0 Å². The molecule has 3 aromatic rings. The Morgan fingerprint density at radius 1 is 1.18 bits per heavy atom. The van der Waals surface area contributed by atoms with Crippen LogP contribution in [0.15, 0.2) is 53.8 Å². The summed E-state index contributed by atoms with van der Waals surface area (Å²) < 4.78 is 0. The summed E-state index contributed by atoms with van der Waals surface area (Å²) >= 11 is 18.5. The molecule has 0 radical (unpaired) electrons. The average molecular weight is 505 g/mol. The number of aromatic amines is 1. The molecule has 1 aromatic heterocycles. The Kier molecular flexibility index (Phi) is 7.27. The molecule has 2 heterocycles. The van der Waals surface area contributed by atoms with Crippen molar-refractivity contribution in [3.8, 4) is 0 Å². The van der Waals surface area contributed by atoms with Crippen molar-refractivity contribution in [2.75, 3.05) is 20.1 Å². The number of halogens is 3. The first-order chi connectivity index (χ1) is 15.8.